The average Bonchev–Trinajstić information content (AvgIpc) is 2.51. The molecule has 0 atom stereocenters. The Balaban J connectivity index is 2.61. The van der Waals surface area contributed by atoms with Crippen LogP contribution >= 0.6 is 0 Å². The van der Waals surface area contributed by atoms with Gasteiger partial charge in [0, 0.05) is 11.1 Å². The molecule has 0 aliphatic carbocycles. The molecule has 1 N–H and O–H groups in total. The maximum Gasteiger partial charge on any atom is 0.229 e. The van der Waals surface area contributed by atoms with Crippen LogP contribution in [0.4, 0.5) is 0 Å². The molecule has 1 heterocycles. The maximum atomic E-state index is 12.4. The first-order valence-corrected chi connectivity index (χ1v) is 7.21. The van der Waals surface area contributed by atoms with Gasteiger partial charge in [0.15, 0.2) is 0 Å². The van der Waals surface area contributed by atoms with Gasteiger partial charge in [-0.1, -0.05) is 48.8 Å². The monoisotopic (exact) mass is 293 g/mol. The van der Waals surface area contributed by atoms with Gasteiger partial charge in [-0.05, 0) is 24.6 Å². The summed E-state index contributed by atoms with van der Waals surface area (Å²) in [4.78, 5) is 14.1. The summed E-state index contributed by atoms with van der Waals surface area (Å²) in [6, 6.07) is 7.78. The molecule has 0 spiro atoms. The smallest absolute Gasteiger partial charge is 0.229 e. The molecule has 3 nitrogen and oxygen atoms in total. The molecule has 0 radical (unpaired) electrons. The van der Waals surface area contributed by atoms with Crippen molar-refractivity contribution in [1.82, 2.24) is 4.90 Å². The van der Waals surface area contributed by atoms with Crippen molar-refractivity contribution < 1.29 is 9.90 Å². The molecule has 3 heteroatoms. The SMILES string of the molecule is C=C/C1=C(\C=C/C)N(C(=O)CCO)Cc2ccccc2C#C1. The molecule has 1 amide bonds. The average molecular weight is 293 g/mol. The number of nitrogens with zero attached hydrogens (tertiary/aromatic N) is 1. The van der Waals surface area contributed by atoms with E-state index in [0.29, 0.717) is 12.1 Å². The zero-order chi connectivity index (χ0) is 15.9. The number of benzene rings is 1. The number of carbonyl (C=O) groups excluding carboxylic acids is 1. The fraction of sp³-hybridized carbons (Fsp3) is 0.211. The number of allylic oxidation sites excluding steroid dienone is 4. The lowest BCUT2D eigenvalue weighted by Gasteiger charge is -2.26. The summed E-state index contributed by atoms with van der Waals surface area (Å²) in [6.07, 6.45) is 5.47. The van der Waals surface area contributed by atoms with Gasteiger partial charge in [-0.25, -0.2) is 0 Å². The number of aliphatic hydroxyl groups is 1. The van der Waals surface area contributed by atoms with Gasteiger partial charge in [0.1, 0.15) is 0 Å². The van der Waals surface area contributed by atoms with E-state index in [4.69, 9.17) is 5.11 Å². The van der Waals surface area contributed by atoms with Crippen molar-refractivity contribution in [3.8, 4) is 11.8 Å². The Kier molecular flexibility index (Phi) is 5.35. The molecule has 0 unspecified atom stereocenters. The molecule has 2 rings (SSSR count). The second kappa shape index (κ2) is 7.44. The third kappa shape index (κ3) is 3.36. The van der Waals surface area contributed by atoms with Crippen LogP contribution in [-0.4, -0.2) is 22.5 Å². The number of hydrogen-bond donors (Lipinski definition) is 1. The predicted octanol–water partition coefficient (Wildman–Crippen LogP) is 2.78. The van der Waals surface area contributed by atoms with Crippen LogP contribution in [-0.2, 0) is 11.3 Å². The molecule has 0 saturated heterocycles. The van der Waals surface area contributed by atoms with Crippen molar-refractivity contribution >= 4 is 5.91 Å². The van der Waals surface area contributed by atoms with Crippen molar-refractivity contribution in [2.24, 2.45) is 0 Å². The minimum atomic E-state index is -0.171. The second-order valence-electron chi connectivity index (χ2n) is 4.86. The summed E-state index contributed by atoms with van der Waals surface area (Å²) in [5.41, 5.74) is 3.33. The van der Waals surface area contributed by atoms with E-state index in [9.17, 15) is 4.79 Å². The molecule has 1 aliphatic heterocycles. The summed E-state index contributed by atoms with van der Waals surface area (Å²) in [5.74, 6) is 6.11. The summed E-state index contributed by atoms with van der Waals surface area (Å²) in [5, 5.41) is 9.10. The quantitative estimate of drug-likeness (QED) is 0.867. The lowest BCUT2D eigenvalue weighted by Crippen LogP contribution is -2.31. The molecule has 112 valence electrons. The van der Waals surface area contributed by atoms with Crippen LogP contribution in [0.25, 0.3) is 0 Å². The Labute approximate surface area is 131 Å². The standard InChI is InChI=1S/C19H19NO2/c1-3-7-18-15(4-2)10-11-16-8-5-6-9-17(16)14-20(18)19(22)12-13-21/h3-9,21H,2,12-14H2,1H3/b7-3-,18-15-. The third-order valence-corrected chi connectivity index (χ3v) is 3.40. The minimum Gasteiger partial charge on any atom is -0.396 e. The predicted molar refractivity (Wildman–Crippen MR) is 87.6 cm³/mol. The third-order valence-electron chi connectivity index (χ3n) is 3.40. The van der Waals surface area contributed by atoms with Gasteiger partial charge >= 0.3 is 0 Å². The van der Waals surface area contributed by atoms with Crippen LogP contribution in [0.5, 0.6) is 0 Å². The molecular formula is C19H19NO2. The van der Waals surface area contributed by atoms with E-state index < -0.39 is 0 Å². The number of amides is 1. The zero-order valence-corrected chi connectivity index (χ0v) is 12.7. The van der Waals surface area contributed by atoms with E-state index in [0.717, 1.165) is 16.8 Å². The lowest BCUT2D eigenvalue weighted by molar-refractivity contribution is -0.130. The van der Waals surface area contributed by atoms with Crippen molar-refractivity contribution in [1.29, 1.82) is 0 Å². The molecule has 0 bridgehead atoms. The fourth-order valence-corrected chi connectivity index (χ4v) is 2.33. The second-order valence-corrected chi connectivity index (χ2v) is 4.86. The van der Waals surface area contributed by atoms with Crippen molar-refractivity contribution in [3.63, 3.8) is 0 Å². The Morgan fingerprint density at radius 1 is 1.41 bits per heavy atom. The summed E-state index contributed by atoms with van der Waals surface area (Å²) in [7, 11) is 0. The molecule has 0 saturated carbocycles. The van der Waals surface area contributed by atoms with Crippen LogP contribution in [0.1, 0.15) is 24.5 Å². The minimum absolute atomic E-state index is 0.0844. The fourth-order valence-electron chi connectivity index (χ4n) is 2.33. The zero-order valence-electron chi connectivity index (χ0n) is 12.7. The van der Waals surface area contributed by atoms with E-state index >= 15 is 0 Å². The number of aliphatic hydroxyl groups excluding tert-OH is 1. The molecule has 1 aromatic rings. The highest BCUT2D eigenvalue weighted by Gasteiger charge is 2.20. The first kappa shape index (κ1) is 15.8. The van der Waals surface area contributed by atoms with Crippen molar-refractivity contribution in [2.75, 3.05) is 6.61 Å². The van der Waals surface area contributed by atoms with Gasteiger partial charge < -0.3 is 10.0 Å². The first-order valence-electron chi connectivity index (χ1n) is 7.21. The van der Waals surface area contributed by atoms with Gasteiger partial charge in [0.25, 0.3) is 0 Å². The molecule has 1 aliphatic rings. The number of fused-ring (bicyclic) bond motifs is 1. The maximum absolute atomic E-state index is 12.4. The number of rotatable bonds is 4. The van der Waals surface area contributed by atoms with E-state index in [1.165, 1.54) is 0 Å². The highest BCUT2D eigenvalue weighted by atomic mass is 16.3. The normalized spacial score (nSPS) is 17.3. The van der Waals surface area contributed by atoms with Crippen LogP contribution in [0.3, 0.4) is 0 Å². The Hall–Kier alpha value is -2.57. The largest absolute Gasteiger partial charge is 0.396 e. The molecule has 22 heavy (non-hydrogen) atoms. The molecule has 1 aromatic carbocycles. The topological polar surface area (TPSA) is 40.5 Å². The van der Waals surface area contributed by atoms with Gasteiger partial charge in [-0.2, -0.15) is 0 Å². The highest BCUT2D eigenvalue weighted by molar-refractivity contribution is 5.80. The molecular weight excluding hydrogens is 274 g/mol. The van der Waals surface area contributed by atoms with E-state index in [1.807, 2.05) is 43.3 Å². The van der Waals surface area contributed by atoms with Crippen LogP contribution in [0.15, 0.2) is 60.3 Å². The summed E-state index contributed by atoms with van der Waals surface area (Å²) < 4.78 is 0. The summed E-state index contributed by atoms with van der Waals surface area (Å²) >= 11 is 0. The van der Waals surface area contributed by atoms with Gasteiger partial charge in [0.05, 0.1) is 25.3 Å². The van der Waals surface area contributed by atoms with Crippen LogP contribution in [0, 0.1) is 11.8 Å². The van der Waals surface area contributed by atoms with Gasteiger partial charge in [-0.3, -0.25) is 4.79 Å². The molecule has 0 fully saturated rings. The van der Waals surface area contributed by atoms with Crippen molar-refractivity contribution in [3.05, 3.63) is 71.5 Å². The van der Waals surface area contributed by atoms with Gasteiger partial charge in [0.2, 0.25) is 5.91 Å². The summed E-state index contributed by atoms with van der Waals surface area (Å²) in [6.45, 7) is 5.95. The van der Waals surface area contributed by atoms with E-state index in [-0.39, 0.29) is 18.9 Å². The Morgan fingerprint density at radius 3 is 2.86 bits per heavy atom. The van der Waals surface area contributed by atoms with E-state index in [1.54, 1.807) is 11.0 Å². The van der Waals surface area contributed by atoms with E-state index in [2.05, 4.69) is 18.4 Å². The molecule has 0 aromatic heterocycles. The van der Waals surface area contributed by atoms with Gasteiger partial charge in [-0.15, -0.1) is 0 Å². The Morgan fingerprint density at radius 2 is 2.18 bits per heavy atom. The first-order chi connectivity index (χ1) is 10.7. The van der Waals surface area contributed by atoms with Crippen LogP contribution < -0.4 is 0 Å². The Bertz CT molecular complexity index is 702. The van der Waals surface area contributed by atoms with Crippen molar-refractivity contribution in [2.45, 2.75) is 19.9 Å². The number of carbonyl (C=O) groups is 1. The number of hydrogen-bond acceptors (Lipinski definition) is 2. The highest BCUT2D eigenvalue weighted by Crippen LogP contribution is 2.22. The van der Waals surface area contributed by atoms with Crippen LogP contribution in [0.2, 0.25) is 0 Å². The lowest BCUT2D eigenvalue weighted by atomic mass is 10.0.